The molecule has 2 amide bonds. The van der Waals surface area contributed by atoms with Crippen molar-refractivity contribution in [1.82, 2.24) is 9.47 Å². The van der Waals surface area contributed by atoms with Crippen molar-refractivity contribution >= 4 is 34.9 Å². The standard InChI is InChI=1S/C25H32ClN5O3/c1-5-30(14-23(32)28-22-11-19(26)9-8-16(22)2)15-24(33)29-25-21(12-27)17(3)18(4)31(25)13-20-7-6-10-34-20/h8-9,11,20H,5-7,10,13-15H2,1-4H3,(H,28,32)(H,29,33). The summed E-state index contributed by atoms with van der Waals surface area (Å²) in [6.45, 7) is 9.51. The molecule has 1 aromatic carbocycles. The highest BCUT2D eigenvalue weighted by atomic mass is 35.5. The fourth-order valence-electron chi connectivity index (χ4n) is 4.13. The lowest BCUT2D eigenvalue weighted by Gasteiger charge is -2.21. The second-order valence-corrected chi connectivity index (χ2v) is 9.09. The molecule has 1 aliphatic rings. The summed E-state index contributed by atoms with van der Waals surface area (Å²) in [6.07, 6.45) is 2.04. The molecule has 1 saturated heterocycles. The Balaban J connectivity index is 1.67. The van der Waals surface area contributed by atoms with Crippen molar-refractivity contribution in [3.8, 4) is 6.07 Å². The lowest BCUT2D eigenvalue weighted by molar-refractivity contribution is -0.120. The number of likely N-dealkylation sites (N-methyl/N-ethyl adjacent to an activating group) is 1. The maximum Gasteiger partial charge on any atom is 0.239 e. The molecule has 34 heavy (non-hydrogen) atoms. The van der Waals surface area contributed by atoms with E-state index in [2.05, 4.69) is 16.7 Å². The predicted molar refractivity (Wildman–Crippen MR) is 133 cm³/mol. The number of ether oxygens (including phenoxy) is 1. The van der Waals surface area contributed by atoms with E-state index < -0.39 is 0 Å². The molecule has 0 spiro atoms. The number of aromatic nitrogens is 1. The second kappa shape index (κ2) is 11.5. The molecule has 0 bridgehead atoms. The normalized spacial score (nSPS) is 15.4. The number of nitriles is 1. The third-order valence-electron chi connectivity index (χ3n) is 6.26. The van der Waals surface area contributed by atoms with Crippen LogP contribution in [0.5, 0.6) is 0 Å². The zero-order valence-corrected chi connectivity index (χ0v) is 21.0. The van der Waals surface area contributed by atoms with Gasteiger partial charge in [0.1, 0.15) is 11.9 Å². The summed E-state index contributed by atoms with van der Waals surface area (Å²) in [5.74, 6) is -0.0181. The zero-order chi connectivity index (χ0) is 24.8. The number of rotatable bonds is 9. The molecule has 2 heterocycles. The number of nitrogens with one attached hydrogen (secondary N) is 2. The summed E-state index contributed by atoms with van der Waals surface area (Å²) in [5.41, 5.74) is 3.79. The van der Waals surface area contributed by atoms with E-state index in [9.17, 15) is 14.9 Å². The number of anilines is 2. The molecule has 8 nitrogen and oxygen atoms in total. The van der Waals surface area contributed by atoms with E-state index in [0.717, 1.165) is 36.3 Å². The minimum Gasteiger partial charge on any atom is -0.376 e. The monoisotopic (exact) mass is 485 g/mol. The zero-order valence-electron chi connectivity index (χ0n) is 20.2. The molecule has 1 fully saturated rings. The van der Waals surface area contributed by atoms with Gasteiger partial charge in [-0.2, -0.15) is 5.26 Å². The van der Waals surface area contributed by atoms with Crippen LogP contribution in [0.25, 0.3) is 0 Å². The van der Waals surface area contributed by atoms with Crippen LogP contribution in [-0.4, -0.2) is 53.6 Å². The Morgan fingerprint density at radius 2 is 1.94 bits per heavy atom. The van der Waals surface area contributed by atoms with Gasteiger partial charge in [-0.15, -0.1) is 0 Å². The van der Waals surface area contributed by atoms with Gasteiger partial charge in [-0.3, -0.25) is 14.5 Å². The van der Waals surface area contributed by atoms with Gasteiger partial charge in [0.25, 0.3) is 0 Å². The molecule has 0 aliphatic carbocycles. The highest BCUT2D eigenvalue weighted by molar-refractivity contribution is 6.31. The van der Waals surface area contributed by atoms with E-state index in [1.54, 1.807) is 17.0 Å². The molecule has 182 valence electrons. The van der Waals surface area contributed by atoms with Crippen molar-refractivity contribution in [3.63, 3.8) is 0 Å². The molecule has 2 N–H and O–H groups in total. The Morgan fingerprint density at radius 1 is 1.24 bits per heavy atom. The quantitative estimate of drug-likeness (QED) is 0.559. The number of carbonyl (C=O) groups excluding carboxylic acids is 2. The van der Waals surface area contributed by atoms with Crippen LogP contribution in [-0.2, 0) is 20.9 Å². The molecule has 1 aromatic heterocycles. The second-order valence-electron chi connectivity index (χ2n) is 8.65. The van der Waals surface area contributed by atoms with Crippen LogP contribution in [0.1, 0.15) is 42.1 Å². The fraction of sp³-hybridized carbons (Fsp3) is 0.480. The van der Waals surface area contributed by atoms with Gasteiger partial charge in [-0.25, -0.2) is 0 Å². The molecule has 1 atom stereocenters. The minimum absolute atomic E-state index is 0.0204. The van der Waals surface area contributed by atoms with Crippen molar-refractivity contribution < 1.29 is 14.3 Å². The summed E-state index contributed by atoms with van der Waals surface area (Å²) in [4.78, 5) is 27.3. The van der Waals surface area contributed by atoms with E-state index in [1.807, 2.05) is 38.3 Å². The molecular weight excluding hydrogens is 454 g/mol. The SMILES string of the molecule is CCN(CC(=O)Nc1cc(Cl)ccc1C)CC(=O)Nc1c(C#N)c(C)c(C)n1CC1CCCO1. The number of benzene rings is 1. The first-order valence-corrected chi connectivity index (χ1v) is 11.9. The molecule has 9 heteroatoms. The average Bonchev–Trinajstić information content (AvgIpc) is 3.38. The van der Waals surface area contributed by atoms with E-state index in [4.69, 9.17) is 16.3 Å². The Morgan fingerprint density at radius 3 is 2.56 bits per heavy atom. The van der Waals surface area contributed by atoms with Gasteiger partial charge >= 0.3 is 0 Å². The first kappa shape index (κ1) is 25.8. The van der Waals surface area contributed by atoms with Crippen LogP contribution in [0, 0.1) is 32.1 Å². The van der Waals surface area contributed by atoms with E-state index in [-0.39, 0.29) is 31.0 Å². The largest absolute Gasteiger partial charge is 0.376 e. The van der Waals surface area contributed by atoms with E-state index in [0.29, 0.717) is 35.2 Å². The molecular formula is C25H32ClN5O3. The minimum atomic E-state index is -0.281. The van der Waals surface area contributed by atoms with Gasteiger partial charge < -0.3 is 19.9 Å². The number of nitrogens with zero attached hydrogens (tertiary/aromatic N) is 3. The third kappa shape index (κ3) is 6.17. The molecule has 0 radical (unpaired) electrons. The maximum atomic E-state index is 12.9. The van der Waals surface area contributed by atoms with Crippen LogP contribution < -0.4 is 10.6 Å². The van der Waals surface area contributed by atoms with E-state index in [1.165, 1.54) is 0 Å². The van der Waals surface area contributed by atoms with Crippen LogP contribution in [0.3, 0.4) is 0 Å². The van der Waals surface area contributed by atoms with Crippen molar-refractivity contribution in [2.24, 2.45) is 0 Å². The summed E-state index contributed by atoms with van der Waals surface area (Å²) in [5, 5.41) is 16.0. The Bertz CT molecular complexity index is 1100. The first-order chi connectivity index (χ1) is 16.2. The van der Waals surface area contributed by atoms with Gasteiger partial charge in [0, 0.05) is 23.0 Å². The molecule has 1 unspecified atom stereocenters. The van der Waals surface area contributed by atoms with Crippen molar-refractivity contribution in [2.75, 3.05) is 36.9 Å². The number of aryl methyl sites for hydroxylation is 1. The average molecular weight is 486 g/mol. The Hall–Kier alpha value is -2.86. The maximum absolute atomic E-state index is 12.9. The van der Waals surface area contributed by atoms with Crippen molar-refractivity contribution in [1.29, 1.82) is 5.26 Å². The lowest BCUT2D eigenvalue weighted by Crippen LogP contribution is -2.39. The molecule has 0 saturated carbocycles. The van der Waals surface area contributed by atoms with Crippen LogP contribution in [0.15, 0.2) is 18.2 Å². The van der Waals surface area contributed by atoms with Gasteiger partial charge in [-0.05, 0) is 63.4 Å². The number of carbonyl (C=O) groups is 2. The van der Waals surface area contributed by atoms with Gasteiger partial charge in [0.2, 0.25) is 11.8 Å². The van der Waals surface area contributed by atoms with Crippen molar-refractivity contribution in [3.05, 3.63) is 45.6 Å². The predicted octanol–water partition coefficient (Wildman–Crippen LogP) is 4.02. The van der Waals surface area contributed by atoms with Crippen LogP contribution in [0.2, 0.25) is 5.02 Å². The summed E-state index contributed by atoms with van der Waals surface area (Å²) in [7, 11) is 0. The number of hydrogen-bond donors (Lipinski definition) is 2. The van der Waals surface area contributed by atoms with Gasteiger partial charge in [0.05, 0.1) is 31.3 Å². The van der Waals surface area contributed by atoms with Crippen LogP contribution >= 0.6 is 11.6 Å². The smallest absolute Gasteiger partial charge is 0.239 e. The van der Waals surface area contributed by atoms with E-state index >= 15 is 0 Å². The third-order valence-corrected chi connectivity index (χ3v) is 6.50. The summed E-state index contributed by atoms with van der Waals surface area (Å²) >= 11 is 6.04. The molecule has 2 aromatic rings. The Labute approximate surface area is 205 Å². The summed E-state index contributed by atoms with van der Waals surface area (Å²) in [6, 6.07) is 7.54. The molecule has 3 rings (SSSR count). The van der Waals surface area contributed by atoms with Crippen molar-refractivity contribution in [2.45, 2.75) is 53.2 Å². The highest BCUT2D eigenvalue weighted by Gasteiger charge is 2.24. The Kier molecular flexibility index (Phi) is 8.72. The number of halogens is 1. The number of hydrogen-bond acceptors (Lipinski definition) is 5. The topological polar surface area (TPSA) is 99.4 Å². The first-order valence-electron chi connectivity index (χ1n) is 11.5. The fourth-order valence-corrected chi connectivity index (χ4v) is 4.30. The summed E-state index contributed by atoms with van der Waals surface area (Å²) < 4.78 is 7.73. The number of amides is 2. The highest BCUT2D eigenvalue weighted by Crippen LogP contribution is 2.28. The lowest BCUT2D eigenvalue weighted by atomic mass is 10.2. The molecule has 1 aliphatic heterocycles. The van der Waals surface area contributed by atoms with Gasteiger partial charge in [0.15, 0.2) is 0 Å². The van der Waals surface area contributed by atoms with Crippen LogP contribution in [0.4, 0.5) is 11.5 Å². The van der Waals surface area contributed by atoms with Gasteiger partial charge in [-0.1, -0.05) is 24.6 Å².